The van der Waals surface area contributed by atoms with Crippen LogP contribution in [0.4, 0.5) is 0 Å². The van der Waals surface area contributed by atoms with Gasteiger partial charge in [-0.3, -0.25) is 9.78 Å². The van der Waals surface area contributed by atoms with E-state index < -0.39 is 0 Å². The summed E-state index contributed by atoms with van der Waals surface area (Å²) in [6.07, 6.45) is 5.78. The second kappa shape index (κ2) is 4.66. The number of imidazole rings is 1. The molecule has 0 radical (unpaired) electrons. The number of hydrogen-bond acceptors (Lipinski definition) is 3. The summed E-state index contributed by atoms with van der Waals surface area (Å²) in [7, 11) is 0. The minimum atomic E-state index is -0.0635. The van der Waals surface area contributed by atoms with E-state index in [1.54, 1.807) is 12.5 Å². The van der Waals surface area contributed by atoms with Gasteiger partial charge in [-0.2, -0.15) is 0 Å². The third kappa shape index (κ3) is 1.88. The first-order valence-electron chi connectivity index (χ1n) is 6.90. The molecule has 0 fully saturated rings. The summed E-state index contributed by atoms with van der Waals surface area (Å²) in [5.74, 6) is 0.124. The average molecular weight is 275 g/mol. The van der Waals surface area contributed by atoms with E-state index in [9.17, 15) is 4.79 Å². The molecular formula is C17H13N3O. The standard InChI is InChI=1S/C17H13N3O/c21-16(12-5-2-1-3-6-12)9-14-17-13(7-4-8-19-17)15-10-18-11-20(14)15/h1-8,10-11,14H,9H2/t14-/m1/s1. The first kappa shape index (κ1) is 12.0. The van der Waals surface area contributed by atoms with Gasteiger partial charge in [0.1, 0.15) is 0 Å². The molecular weight excluding hydrogens is 262 g/mol. The van der Waals surface area contributed by atoms with Crippen molar-refractivity contribution in [2.24, 2.45) is 0 Å². The topological polar surface area (TPSA) is 47.8 Å². The van der Waals surface area contributed by atoms with Gasteiger partial charge < -0.3 is 4.57 Å². The number of hydrogen-bond donors (Lipinski definition) is 0. The normalized spacial score (nSPS) is 15.5. The molecule has 0 saturated carbocycles. The van der Waals surface area contributed by atoms with Gasteiger partial charge in [-0.1, -0.05) is 30.3 Å². The van der Waals surface area contributed by atoms with Crippen LogP contribution in [-0.4, -0.2) is 20.3 Å². The molecule has 0 saturated heterocycles. The quantitative estimate of drug-likeness (QED) is 0.690. The molecule has 4 heteroatoms. The number of pyridine rings is 1. The van der Waals surface area contributed by atoms with Crippen LogP contribution < -0.4 is 0 Å². The molecule has 21 heavy (non-hydrogen) atoms. The molecule has 4 nitrogen and oxygen atoms in total. The van der Waals surface area contributed by atoms with Gasteiger partial charge in [-0.15, -0.1) is 0 Å². The maximum atomic E-state index is 12.5. The van der Waals surface area contributed by atoms with Crippen LogP contribution in [0.25, 0.3) is 11.3 Å². The average Bonchev–Trinajstić information content (AvgIpc) is 3.11. The van der Waals surface area contributed by atoms with Gasteiger partial charge in [0.05, 0.1) is 30.0 Å². The van der Waals surface area contributed by atoms with E-state index in [-0.39, 0.29) is 11.8 Å². The van der Waals surface area contributed by atoms with Crippen LogP contribution in [0.1, 0.15) is 28.5 Å². The largest absolute Gasteiger partial charge is 0.321 e. The molecule has 1 atom stereocenters. The fourth-order valence-electron chi connectivity index (χ4n) is 2.91. The molecule has 0 amide bonds. The van der Waals surface area contributed by atoms with Crippen LogP contribution in [0.2, 0.25) is 0 Å². The van der Waals surface area contributed by atoms with E-state index in [2.05, 4.69) is 9.97 Å². The first-order chi connectivity index (χ1) is 10.3. The Balaban J connectivity index is 1.72. The van der Waals surface area contributed by atoms with Gasteiger partial charge in [-0.25, -0.2) is 4.98 Å². The van der Waals surface area contributed by atoms with Gasteiger partial charge in [0.25, 0.3) is 0 Å². The van der Waals surface area contributed by atoms with Gasteiger partial charge in [0.15, 0.2) is 5.78 Å². The van der Waals surface area contributed by atoms with E-state index in [4.69, 9.17) is 0 Å². The number of aromatic nitrogens is 3. The third-order valence-electron chi connectivity index (χ3n) is 3.91. The van der Waals surface area contributed by atoms with Crippen LogP contribution in [-0.2, 0) is 0 Å². The number of nitrogens with zero attached hydrogens (tertiary/aromatic N) is 3. The predicted octanol–water partition coefficient (Wildman–Crippen LogP) is 3.12. The van der Waals surface area contributed by atoms with Crippen molar-refractivity contribution in [1.82, 2.24) is 14.5 Å². The van der Waals surface area contributed by atoms with Crippen LogP contribution in [0.5, 0.6) is 0 Å². The van der Waals surface area contributed by atoms with E-state index in [1.165, 1.54) is 0 Å². The van der Waals surface area contributed by atoms with Gasteiger partial charge in [0.2, 0.25) is 0 Å². The van der Waals surface area contributed by atoms with Crippen LogP contribution >= 0.6 is 0 Å². The van der Waals surface area contributed by atoms with Crippen molar-refractivity contribution in [2.75, 3.05) is 0 Å². The Labute approximate surface area is 122 Å². The summed E-state index contributed by atoms with van der Waals surface area (Å²) in [5, 5.41) is 0. The fraction of sp³-hybridized carbons (Fsp3) is 0.118. The van der Waals surface area contributed by atoms with Crippen molar-refractivity contribution in [3.05, 3.63) is 72.4 Å². The number of Topliss-reactive ketones (excluding diaryl/α,β-unsaturated/α-hetero) is 1. The van der Waals surface area contributed by atoms with Gasteiger partial charge >= 0.3 is 0 Å². The molecule has 0 spiro atoms. The predicted molar refractivity (Wildman–Crippen MR) is 79.0 cm³/mol. The highest BCUT2D eigenvalue weighted by molar-refractivity contribution is 5.96. The lowest BCUT2D eigenvalue weighted by molar-refractivity contribution is 0.0970. The lowest BCUT2D eigenvalue weighted by Crippen LogP contribution is -2.12. The molecule has 4 rings (SSSR count). The summed E-state index contributed by atoms with van der Waals surface area (Å²) >= 11 is 0. The minimum Gasteiger partial charge on any atom is -0.321 e. The Hall–Kier alpha value is -2.75. The Bertz CT molecular complexity index is 808. The summed E-state index contributed by atoms with van der Waals surface area (Å²) in [4.78, 5) is 21.2. The lowest BCUT2D eigenvalue weighted by atomic mass is 10.0. The Kier molecular flexibility index (Phi) is 2.67. The van der Waals surface area contributed by atoms with Gasteiger partial charge in [-0.05, 0) is 12.1 Å². The Morgan fingerprint density at radius 3 is 2.86 bits per heavy atom. The summed E-state index contributed by atoms with van der Waals surface area (Å²) in [6, 6.07) is 13.3. The smallest absolute Gasteiger partial charge is 0.165 e. The van der Waals surface area contributed by atoms with Crippen molar-refractivity contribution in [3.63, 3.8) is 0 Å². The summed E-state index contributed by atoms with van der Waals surface area (Å²) in [5.41, 5.74) is 3.80. The van der Waals surface area contributed by atoms with Crippen LogP contribution in [0, 0.1) is 0 Å². The number of fused-ring (bicyclic) bond motifs is 3. The van der Waals surface area contributed by atoms with Crippen molar-refractivity contribution in [2.45, 2.75) is 12.5 Å². The molecule has 102 valence electrons. The minimum absolute atomic E-state index is 0.0635. The molecule has 0 aliphatic carbocycles. The van der Waals surface area contributed by atoms with Crippen LogP contribution in [0.15, 0.2) is 61.2 Å². The molecule has 1 aromatic carbocycles. The van der Waals surface area contributed by atoms with E-state index in [0.717, 1.165) is 22.5 Å². The highest BCUT2D eigenvalue weighted by Gasteiger charge is 2.31. The molecule has 1 aliphatic heterocycles. The van der Waals surface area contributed by atoms with Crippen molar-refractivity contribution < 1.29 is 4.79 Å². The molecule has 3 aromatic rings. The number of rotatable bonds is 3. The number of ketones is 1. The summed E-state index contributed by atoms with van der Waals surface area (Å²) < 4.78 is 2.04. The monoisotopic (exact) mass is 275 g/mol. The van der Waals surface area contributed by atoms with Gasteiger partial charge in [0, 0.05) is 23.7 Å². The molecule has 2 aromatic heterocycles. The Morgan fingerprint density at radius 1 is 1.14 bits per heavy atom. The Morgan fingerprint density at radius 2 is 2.00 bits per heavy atom. The van der Waals surface area contributed by atoms with E-state index in [1.807, 2.05) is 53.2 Å². The zero-order chi connectivity index (χ0) is 14.2. The van der Waals surface area contributed by atoms with Crippen LogP contribution in [0.3, 0.4) is 0 Å². The zero-order valence-corrected chi connectivity index (χ0v) is 11.3. The van der Waals surface area contributed by atoms with Crippen molar-refractivity contribution in [1.29, 1.82) is 0 Å². The van der Waals surface area contributed by atoms with Crippen molar-refractivity contribution >= 4 is 5.78 Å². The zero-order valence-electron chi connectivity index (χ0n) is 11.3. The second-order valence-corrected chi connectivity index (χ2v) is 5.13. The van der Waals surface area contributed by atoms with E-state index >= 15 is 0 Å². The highest BCUT2D eigenvalue weighted by Crippen LogP contribution is 2.39. The number of carbonyl (C=O) groups is 1. The highest BCUT2D eigenvalue weighted by atomic mass is 16.1. The number of benzene rings is 1. The maximum absolute atomic E-state index is 12.5. The molecule has 1 aliphatic rings. The first-order valence-corrected chi connectivity index (χ1v) is 6.90. The van der Waals surface area contributed by atoms with E-state index in [0.29, 0.717) is 6.42 Å². The summed E-state index contributed by atoms with van der Waals surface area (Å²) in [6.45, 7) is 0. The van der Waals surface area contributed by atoms with Crippen molar-refractivity contribution in [3.8, 4) is 11.3 Å². The molecule has 3 heterocycles. The fourth-order valence-corrected chi connectivity index (χ4v) is 2.91. The molecule has 0 bridgehead atoms. The third-order valence-corrected chi connectivity index (χ3v) is 3.91. The maximum Gasteiger partial charge on any atom is 0.165 e. The lowest BCUT2D eigenvalue weighted by Gasteiger charge is -2.12. The SMILES string of the molecule is O=C(C[C@@H]1c2ncccc2-c2cncn21)c1ccccc1. The molecule has 0 unspecified atom stereocenters. The second-order valence-electron chi connectivity index (χ2n) is 5.13. The number of carbonyl (C=O) groups excluding carboxylic acids is 1. The molecule has 0 N–H and O–H groups in total.